The van der Waals surface area contributed by atoms with Gasteiger partial charge in [-0.1, -0.05) is 12.1 Å². The summed E-state index contributed by atoms with van der Waals surface area (Å²) in [4.78, 5) is 15.3. The van der Waals surface area contributed by atoms with Crippen molar-refractivity contribution in [3.63, 3.8) is 0 Å². The van der Waals surface area contributed by atoms with Gasteiger partial charge in [-0.05, 0) is 69.0 Å². The molecule has 0 saturated carbocycles. The molecule has 33 heavy (non-hydrogen) atoms. The van der Waals surface area contributed by atoms with Crippen LogP contribution in [0.5, 0.6) is 0 Å². The number of carbonyl (C=O) groups excluding carboxylic acids is 1. The molecule has 176 valence electrons. The number of fused-ring (bicyclic) bond motifs is 1. The summed E-state index contributed by atoms with van der Waals surface area (Å²) >= 11 is 0. The van der Waals surface area contributed by atoms with E-state index in [9.17, 15) is 9.18 Å². The average Bonchev–Trinajstić information content (AvgIpc) is 3.30. The van der Waals surface area contributed by atoms with Crippen LogP contribution in [-0.2, 0) is 11.2 Å². The Kier molecular flexibility index (Phi) is 6.51. The van der Waals surface area contributed by atoms with Gasteiger partial charge < -0.3 is 26.2 Å². The van der Waals surface area contributed by atoms with E-state index in [0.29, 0.717) is 24.1 Å². The van der Waals surface area contributed by atoms with E-state index in [4.69, 9.17) is 0 Å². The Labute approximate surface area is 195 Å². The lowest BCUT2D eigenvalue weighted by Crippen LogP contribution is -2.51. The minimum Gasteiger partial charge on any atom is -0.373 e. The van der Waals surface area contributed by atoms with Crippen LogP contribution in [0, 0.1) is 12.7 Å². The molecule has 7 heteroatoms. The SMILES string of the molecule is Cc1ccc(F)c2c1NC(C(=O)Nc1cccc(N3CCC(NC4CCCNC4)CC3)c1)C2. The number of carbonyl (C=O) groups is 1. The molecule has 0 bridgehead atoms. The van der Waals surface area contributed by atoms with E-state index in [1.54, 1.807) is 6.07 Å². The minimum absolute atomic E-state index is 0.133. The van der Waals surface area contributed by atoms with Crippen LogP contribution in [0.2, 0.25) is 0 Å². The highest BCUT2D eigenvalue weighted by molar-refractivity contribution is 5.98. The lowest BCUT2D eigenvalue weighted by Gasteiger charge is -2.37. The van der Waals surface area contributed by atoms with E-state index in [0.717, 1.165) is 61.6 Å². The standard InChI is InChI=1S/C26H34FN5O/c1-17-7-8-23(27)22-15-24(31-25(17)22)26(33)30-19-4-2-6-21(14-19)32-12-9-18(10-13-32)29-20-5-3-11-28-16-20/h2,4,6-8,14,18,20,24,28-29,31H,3,5,9-13,15-16H2,1H3,(H,30,33). The van der Waals surface area contributed by atoms with Gasteiger partial charge in [-0.2, -0.15) is 0 Å². The van der Waals surface area contributed by atoms with E-state index < -0.39 is 6.04 Å². The summed E-state index contributed by atoms with van der Waals surface area (Å²) in [6.07, 6.45) is 5.14. The predicted molar refractivity (Wildman–Crippen MR) is 132 cm³/mol. The first kappa shape index (κ1) is 22.2. The van der Waals surface area contributed by atoms with E-state index >= 15 is 0 Å². The fourth-order valence-corrected chi connectivity index (χ4v) is 5.37. The fourth-order valence-electron chi connectivity index (χ4n) is 5.37. The molecular weight excluding hydrogens is 417 g/mol. The van der Waals surface area contributed by atoms with E-state index in [2.05, 4.69) is 32.2 Å². The molecule has 4 N–H and O–H groups in total. The first-order valence-electron chi connectivity index (χ1n) is 12.2. The number of nitrogens with one attached hydrogen (secondary N) is 4. The van der Waals surface area contributed by atoms with Gasteiger partial charge in [0.15, 0.2) is 0 Å². The summed E-state index contributed by atoms with van der Waals surface area (Å²) in [6, 6.07) is 12.0. The number of rotatable bonds is 5. The van der Waals surface area contributed by atoms with Gasteiger partial charge in [-0.3, -0.25) is 4.79 Å². The number of halogens is 1. The smallest absolute Gasteiger partial charge is 0.247 e. The van der Waals surface area contributed by atoms with Gasteiger partial charge in [-0.25, -0.2) is 4.39 Å². The summed E-state index contributed by atoms with van der Waals surface area (Å²) in [6.45, 7) is 6.17. The Morgan fingerprint density at radius 2 is 1.97 bits per heavy atom. The van der Waals surface area contributed by atoms with Crippen molar-refractivity contribution in [2.24, 2.45) is 0 Å². The van der Waals surface area contributed by atoms with Crippen LogP contribution in [0.4, 0.5) is 21.5 Å². The number of piperidine rings is 2. The third-order valence-corrected chi connectivity index (χ3v) is 7.25. The van der Waals surface area contributed by atoms with Crippen LogP contribution < -0.4 is 26.2 Å². The third kappa shape index (κ3) is 4.99. The molecule has 0 aliphatic carbocycles. The second-order valence-corrected chi connectivity index (χ2v) is 9.63. The molecule has 2 atom stereocenters. The third-order valence-electron chi connectivity index (χ3n) is 7.25. The van der Waals surface area contributed by atoms with Crippen LogP contribution in [0.15, 0.2) is 36.4 Å². The average molecular weight is 452 g/mol. The quantitative estimate of drug-likeness (QED) is 0.561. The number of nitrogens with zero attached hydrogens (tertiary/aromatic N) is 1. The molecule has 2 saturated heterocycles. The molecule has 2 fully saturated rings. The predicted octanol–water partition coefficient (Wildman–Crippen LogP) is 3.42. The summed E-state index contributed by atoms with van der Waals surface area (Å²) in [7, 11) is 0. The Balaban J connectivity index is 1.16. The van der Waals surface area contributed by atoms with Crippen molar-refractivity contribution >= 4 is 23.0 Å². The Morgan fingerprint density at radius 1 is 1.12 bits per heavy atom. The number of anilines is 3. The lowest BCUT2D eigenvalue weighted by atomic mass is 10.0. The molecule has 2 aromatic carbocycles. The number of benzene rings is 2. The molecule has 0 aromatic heterocycles. The maximum atomic E-state index is 14.2. The molecule has 5 rings (SSSR count). The summed E-state index contributed by atoms with van der Waals surface area (Å²) < 4.78 is 14.2. The summed E-state index contributed by atoms with van der Waals surface area (Å²) in [5, 5.41) is 13.6. The van der Waals surface area contributed by atoms with Gasteiger partial charge in [0.1, 0.15) is 11.9 Å². The normalized spacial score (nSPS) is 23.2. The van der Waals surface area contributed by atoms with Gasteiger partial charge in [0, 0.05) is 60.8 Å². The maximum absolute atomic E-state index is 14.2. The molecule has 2 unspecified atom stereocenters. The molecule has 2 aromatic rings. The maximum Gasteiger partial charge on any atom is 0.247 e. The number of aryl methyl sites for hydroxylation is 1. The van der Waals surface area contributed by atoms with Gasteiger partial charge >= 0.3 is 0 Å². The van der Waals surface area contributed by atoms with Crippen LogP contribution in [0.1, 0.15) is 36.8 Å². The van der Waals surface area contributed by atoms with Crippen LogP contribution in [0.25, 0.3) is 0 Å². The van der Waals surface area contributed by atoms with Crippen LogP contribution >= 0.6 is 0 Å². The van der Waals surface area contributed by atoms with Crippen molar-refractivity contribution in [3.8, 4) is 0 Å². The van der Waals surface area contributed by atoms with Gasteiger partial charge in [-0.15, -0.1) is 0 Å². The zero-order valence-electron chi connectivity index (χ0n) is 19.3. The van der Waals surface area contributed by atoms with E-state index in [1.807, 2.05) is 25.1 Å². The van der Waals surface area contributed by atoms with Crippen molar-refractivity contribution in [1.82, 2.24) is 10.6 Å². The largest absolute Gasteiger partial charge is 0.373 e. The molecule has 0 radical (unpaired) electrons. The Hall–Kier alpha value is -2.64. The topological polar surface area (TPSA) is 68.4 Å². The summed E-state index contributed by atoms with van der Waals surface area (Å²) in [5.41, 5.74) is 4.23. The highest BCUT2D eigenvalue weighted by atomic mass is 19.1. The molecule has 0 spiro atoms. The Morgan fingerprint density at radius 3 is 2.73 bits per heavy atom. The minimum atomic E-state index is -0.463. The molecular formula is C26H34FN5O. The monoisotopic (exact) mass is 451 g/mol. The van der Waals surface area contributed by atoms with Gasteiger partial charge in [0.25, 0.3) is 0 Å². The van der Waals surface area contributed by atoms with Gasteiger partial charge in [0.2, 0.25) is 5.91 Å². The first-order chi connectivity index (χ1) is 16.1. The molecule has 1 amide bonds. The van der Waals surface area contributed by atoms with Crippen LogP contribution in [-0.4, -0.2) is 50.2 Å². The first-order valence-corrected chi connectivity index (χ1v) is 12.2. The number of hydrogen-bond acceptors (Lipinski definition) is 5. The molecule has 6 nitrogen and oxygen atoms in total. The van der Waals surface area contributed by atoms with Crippen molar-refractivity contribution in [2.75, 3.05) is 41.7 Å². The van der Waals surface area contributed by atoms with E-state index in [1.165, 1.54) is 18.9 Å². The lowest BCUT2D eigenvalue weighted by molar-refractivity contribution is -0.116. The van der Waals surface area contributed by atoms with Crippen molar-refractivity contribution < 1.29 is 9.18 Å². The van der Waals surface area contributed by atoms with Crippen molar-refractivity contribution in [1.29, 1.82) is 0 Å². The van der Waals surface area contributed by atoms with Crippen LogP contribution in [0.3, 0.4) is 0 Å². The zero-order chi connectivity index (χ0) is 22.8. The number of hydrogen-bond donors (Lipinski definition) is 4. The zero-order valence-corrected chi connectivity index (χ0v) is 19.3. The number of amides is 1. The Bertz CT molecular complexity index is 967. The molecule has 3 heterocycles. The van der Waals surface area contributed by atoms with Gasteiger partial charge in [0.05, 0.1) is 0 Å². The molecule has 3 aliphatic rings. The molecule has 3 aliphatic heterocycles. The van der Waals surface area contributed by atoms with Crippen molar-refractivity contribution in [2.45, 2.75) is 57.2 Å². The van der Waals surface area contributed by atoms with E-state index in [-0.39, 0.29) is 11.7 Å². The highest BCUT2D eigenvalue weighted by Crippen LogP contribution is 2.32. The highest BCUT2D eigenvalue weighted by Gasteiger charge is 2.30. The van der Waals surface area contributed by atoms with Crippen molar-refractivity contribution in [3.05, 3.63) is 53.3 Å². The second-order valence-electron chi connectivity index (χ2n) is 9.63. The second kappa shape index (κ2) is 9.69. The summed E-state index contributed by atoms with van der Waals surface area (Å²) in [5.74, 6) is -0.385. The fraction of sp³-hybridized carbons (Fsp3) is 0.500.